The molecule has 0 bridgehead atoms. The maximum absolute atomic E-state index is 12.5. The highest BCUT2D eigenvalue weighted by molar-refractivity contribution is 5.86. The minimum absolute atomic E-state index is 0.0786. The Morgan fingerprint density at radius 3 is 2.81 bits per heavy atom. The van der Waals surface area contributed by atoms with Crippen LogP contribution in [0.1, 0.15) is 12.0 Å². The molecule has 1 fully saturated rings. The van der Waals surface area contributed by atoms with Crippen LogP contribution in [-0.2, 0) is 16.1 Å². The summed E-state index contributed by atoms with van der Waals surface area (Å²) in [5, 5.41) is 6.16. The van der Waals surface area contributed by atoms with Crippen molar-refractivity contribution in [1.29, 1.82) is 0 Å². The van der Waals surface area contributed by atoms with Crippen LogP contribution in [-0.4, -0.2) is 63.8 Å². The zero-order valence-electron chi connectivity index (χ0n) is 15.6. The average Bonchev–Trinajstić information content (AvgIpc) is 3.15. The van der Waals surface area contributed by atoms with E-state index in [1.54, 1.807) is 32.3 Å². The summed E-state index contributed by atoms with van der Waals surface area (Å²) in [6.07, 6.45) is 0.960. The molecule has 1 aliphatic heterocycles. The molecular formula is C18H26F2N4O3. The van der Waals surface area contributed by atoms with Gasteiger partial charge in [0.15, 0.2) is 5.96 Å². The fraction of sp³-hybridized carbons (Fsp3) is 0.556. The second-order valence-corrected chi connectivity index (χ2v) is 6.40. The lowest BCUT2D eigenvalue weighted by Crippen LogP contribution is -2.44. The van der Waals surface area contributed by atoms with Crippen LogP contribution < -0.4 is 15.4 Å². The molecule has 2 N–H and O–H groups in total. The number of ether oxygens (including phenoxy) is 2. The van der Waals surface area contributed by atoms with Gasteiger partial charge in [-0.15, -0.1) is 0 Å². The number of halogens is 2. The number of carbonyl (C=O) groups excluding carboxylic acids is 1. The van der Waals surface area contributed by atoms with Gasteiger partial charge in [0.25, 0.3) is 0 Å². The summed E-state index contributed by atoms with van der Waals surface area (Å²) in [6.45, 7) is -0.612. The molecular weight excluding hydrogens is 358 g/mol. The Bertz CT molecular complexity index is 635. The third-order valence-electron chi connectivity index (χ3n) is 4.08. The van der Waals surface area contributed by atoms with Crippen LogP contribution in [0.15, 0.2) is 29.3 Å². The summed E-state index contributed by atoms with van der Waals surface area (Å²) in [4.78, 5) is 17.7. The molecule has 9 heteroatoms. The number of alkyl halides is 2. The van der Waals surface area contributed by atoms with Crippen molar-refractivity contribution < 1.29 is 23.0 Å². The van der Waals surface area contributed by atoms with Crippen LogP contribution in [0.25, 0.3) is 0 Å². The van der Waals surface area contributed by atoms with E-state index in [1.807, 2.05) is 0 Å². The molecule has 1 atom stereocenters. The smallest absolute Gasteiger partial charge is 0.387 e. The molecule has 27 heavy (non-hydrogen) atoms. The van der Waals surface area contributed by atoms with E-state index in [1.165, 1.54) is 11.0 Å². The highest BCUT2D eigenvalue weighted by Gasteiger charge is 2.16. The summed E-state index contributed by atoms with van der Waals surface area (Å²) in [5.41, 5.74) is 0.530. The molecule has 2 rings (SSSR count). The molecule has 7 nitrogen and oxygen atoms in total. The zero-order chi connectivity index (χ0) is 19.6. The number of hydrogen-bond donors (Lipinski definition) is 2. The molecule has 1 aliphatic rings. The van der Waals surface area contributed by atoms with Crippen LogP contribution >= 0.6 is 0 Å². The maximum atomic E-state index is 12.5. The van der Waals surface area contributed by atoms with Gasteiger partial charge in [0.2, 0.25) is 5.91 Å². The first-order valence-electron chi connectivity index (χ1n) is 8.78. The fourth-order valence-electron chi connectivity index (χ4n) is 2.49. The lowest BCUT2D eigenvalue weighted by molar-refractivity contribution is -0.127. The molecule has 0 spiro atoms. The molecule has 0 aliphatic carbocycles. The third kappa shape index (κ3) is 7.38. The van der Waals surface area contributed by atoms with Crippen LogP contribution in [0.3, 0.4) is 0 Å². The summed E-state index contributed by atoms with van der Waals surface area (Å²) in [6, 6.07) is 6.50. The van der Waals surface area contributed by atoms with E-state index < -0.39 is 6.61 Å². The van der Waals surface area contributed by atoms with E-state index in [-0.39, 0.29) is 24.7 Å². The van der Waals surface area contributed by atoms with Crippen molar-refractivity contribution in [2.24, 2.45) is 10.9 Å². The van der Waals surface area contributed by atoms with Crippen molar-refractivity contribution in [2.45, 2.75) is 19.6 Å². The highest BCUT2D eigenvalue weighted by Crippen LogP contribution is 2.21. The quantitative estimate of drug-likeness (QED) is 0.524. The van der Waals surface area contributed by atoms with E-state index in [0.717, 1.165) is 13.0 Å². The standard InChI is InChI=1S/C18H26F2N4O3/c1-24(2)16(25)11-23-18(21-9-13-7-8-26-12-13)22-10-14-5-3-4-6-15(14)27-17(19)20/h3-6,13,17H,7-12H2,1-2H3,(H2,21,22,23). The van der Waals surface area contributed by atoms with E-state index in [4.69, 9.17) is 4.74 Å². The van der Waals surface area contributed by atoms with E-state index in [9.17, 15) is 13.6 Å². The van der Waals surface area contributed by atoms with Crippen molar-refractivity contribution in [3.63, 3.8) is 0 Å². The number of nitrogens with one attached hydrogen (secondary N) is 2. The monoisotopic (exact) mass is 384 g/mol. The van der Waals surface area contributed by atoms with E-state index >= 15 is 0 Å². The topological polar surface area (TPSA) is 75.2 Å². The Kier molecular flexibility index (Phi) is 8.25. The molecule has 1 aromatic carbocycles. The van der Waals surface area contributed by atoms with Gasteiger partial charge in [-0.2, -0.15) is 8.78 Å². The second kappa shape index (κ2) is 10.7. The number of hydrogen-bond acceptors (Lipinski definition) is 4. The van der Waals surface area contributed by atoms with Crippen molar-refractivity contribution in [2.75, 3.05) is 40.4 Å². The van der Waals surface area contributed by atoms with Gasteiger partial charge in [0.05, 0.1) is 19.7 Å². The average molecular weight is 384 g/mol. The van der Waals surface area contributed by atoms with Gasteiger partial charge in [0, 0.05) is 38.7 Å². The summed E-state index contributed by atoms with van der Waals surface area (Å²) >= 11 is 0. The van der Waals surface area contributed by atoms with Gasteiger partial charge in [0.1, 0.15) is 5.75 Å². The Morgan fingerprint density at radius 2 is 2.15 bits per heavy atom. The Labute approximate surface area is 157 Å². The summed E-state index contributed by atoms with van der Waals surface area (Å²) in [5.74, 6) is 0.791. The minimum Gasteiger partial charge on any atom is -0.434 e. The number of amides is 1. The number of likely N-dealkylation sites (N-methyl/N-ethyl adjacent to an activating group) is 1. The van der Waals surface area contributed by atoms with Crippen molar-refractivity contribution in [3.8, 4) is 5.75 Å². The number of aliphatic imine (C=N–C) groups is 1. The highest BCUT2D eigenvalue weighted by atomic mass is 19.3. The molecule has 1 aromatic rings. The van der Waals surface area contributed by atoms with Crippen LogP contribution in [0, 0.1) is 5.92 Å². The van der Waals surface area contributed by atoms with E-state index in [0.29, 0.717) is 30.6 Å². The van der Waals surface area contributed by atoms with Gasteiger partial charge in [-0.3, -0.25) is 4.79 Å². The largest absolute Gasteiger partial charge is 0.434 e. The molecule has 0 saturated carbocycles. The number of para-hydroxylation sites is 1. The van der Waals surface area contributed by atoms with Gasteiger partial charge < -0.3 is 25.0 Å². The third-order valence-corrected chi connectivity index (χ3v) is 4.08. The predicted molar refractivity (Wildman–Crippen MR) is 97.8 cm³/mol. The number of benzene rings is 1. The second-order valence-electron chi connectivity index (χ2n) is 6.40. The number of carbonyl (C=O) groups is 1. The lowest BCUT2D eigenvalue weighted by atomic mass is 10.1. The van der Waals surface area contributed by atoms with Crippen LogP contribution in [0.2, 0.25) is 0 Å². The Balaban J connectivity index is 2.02. The number of rotatable bonds is 8. The van der Waals surface area contributed by atoms with Gasteiger partial charge in [-0.1, -0.05) is 18.2 Å². The Morgan fingerprint density at radius 1 is 1.37 bits per heavy atom. The first-order valence-corrected chi connectivity index (χ1v) is 8.78. The Hall–Kier alpha value is -2.42. The predicted octanol–water partition coefficient (Wildman–Crippen LogP) is 1.45. The molecule has 1 unspecified atom stereocenters. The first kappa shape index (κ1) is 20.9. The summed E-state index contributed by atoms with van der Waals surface area (Å²) < 4.78 is 35.0. The molecule has 150 valence electrons. The zero-order valence-corrected chi connectivity index (χ0v) is 15.6. The summed E-state index contributed by atoms with van der Waals surface area (Å²) in [7, 11) is 3.34. The molecule has 1 amide bonds. The van der Waals surface area contributed by atoms with Crippen LogP contribution in [0.5, 0.6) is 5.75 Å². The van der Waals surface area contributed by atoms with Crippen molar-refractivity contribution >= 4 is 11.9 Å². The maximum Gasteiger partial charge on any atom is 0.387 e. The van der Waals surface area contributed by atoms with Gasteiger partial charge in [-0.25, -0.2) is 4.99 Å². The SMILES string of the molecule is CN(C)C(=O)CNC(=NCc1ccccc1OC(F)F)NCC1CCOC1. The van der Waals surface area contributed by atoms with Gasteiger partial charge >= 0.3 is 6.61 Å². The lowest BCUT2D eigenvalue weighted by Gasteiger charge is -2.17. The fourth-order valence-corrected chi connectivity index (χ4v) is 2.49. The number of guanidine groups is 1. The number of nitrogens with zero attached hydrogens (tertiary/aromatic N) is 2. The van der Waals surface area contributed by atoms with Crippen molar-refractivity contribution in [3.05, 3.63) is 29.8 Å². The van der Waals surface area contributed by atoms with Crippen molar-refractivity contribution in [1.82, 2.24) is 15.5 Å². The molecule has 1 heterocycles. The van der Waals surface area contributed by atoms with Crippen LogP contribution in [0.4, 0.5) is 8.78 Å². The normalized spacial score (nSPS) is 17.1. The molecule has 1 saturated heterocycles. The van der Waals surface area contributed by atoms with E-state index in [2.05, 4.69) is 20.4 Å². The first-order chi connectivity index (χ1) is 13.0. The molecule has 0 aromatic heterocycles. The molecule has 0 radical (unpaired) electrons. The van der Waals surface area contributed by atoms with Gasteiger partial charge in [-0.05, 0) is 12.5 Å². The minimum atomic E-state index is -2.90.